The second-order valence-corrected chi connectivity index (χ2v) is 8.71. The minimum absolute atomic E-state index is 0.0487. The van der Waals surface area contributed by atoms with Gasteiger partial charge in [-0.25, -0.2) is 0 Å². The van der Waals surface area contributed by atoms with E-state index in [4.69, 9.17) is 4.74 Å². The molecule has 0 atom stereocenters. The van der Waals surface area contributed by atoms with Crippen LogP contribution in [0.25, 0.3) is 0 Å². The van der Waals surface area contributed by atoms with E-state index < -0.39 is 0 Å². The third-order valence-electron chi connectivity index (χ3n) is 5.39. The van der Waals surface area contributed by atoms with Gasteiger partial charge < -0.3 is 14.5 Å². The van der Waals surface area contributed by atoms with Gasteiger partial charge >= 0.3 is 0 Å². The molecule has 0 N–H and O–H groups in total. The van der Waals surface area contributed by atoms with Gasteiger partial charge in [0.1, 0.15) is 12.3 Å². The van der Waals surface area contributed by atoms with Crippen LogP contribution in [-0.2, 0) is 17.9 Å². The average molecular weight is 435 g/mol. The average Bonchev–Trinajstić information content (AvgIpc) is 3.52. The van der Waals surface area contributed by atoms with Crippen LogP contribution in [0.5, 0.6) is 5.75 Å². The number of nitrogens with zero attached hydrogens (tertiary/aromatic N) is 2. The molecule has 1 aromatic heterocycles. The number of hydrogen-bond donors (Lipinski definition) is 0. The lowest BCUT2D eigenvalue weighted by molar-refractivity contribution is -0.133. The second kappa shape index (κ2) is 9.79. The van der Waals surface area contributed by atoms with Crippen molar-refractivity contribution in [1.29, 1.82) is 0 Å². The maximum absolute atomic E-state index is 13.4. The van der Waals surface area contributed by atoms with E-state index in [1.54, 1.807) is 35.5 Å². The van der Waals surface area contributed by atoms with Crippen LogP contribution in [0.2, 0.25) is 0 Å². The molecule has 1 saturated carbocycles. The molecule has 5 nitrogen and oxygen atoms in total. The van der Waals surface area contributed by atoms with Gasteiger partial charge in [-0.05, 0) is 42.0 Å². The Hall–Kier alpha value is -3.12. The molecule has 0 aliphatic heterocycles. The summed E-state index contributed by atoms with van der Waals surface area (Å²) in [6.07, 6.45) is 1.86. The normalized spacial score (nSPS) is 12.9. The fourth-order valence-electron chi connectivity index (χ4n) is 3.60. The van der Waals surface area contributed by atoms with Crippen molar-refractivity contribution in [3.8, 4) is 5.75 Å². The summed E-state index contributed by atoms with van der Waals surface area (Å²) in [5.74, 6) is 0.335. The van der Waals surface area contributed by atoms with Crippen molar-refractivity contribution in [2.24, 2.45) is 0 Å². The molecule has 0 radical (unpaired) electrons. The van der Waals surface area contributed by atoms with Crippen LogP contribution in [0.1, 0.15) is 33.6 Å². The quantitative estimate of drug-likeness (QED) is 0.495. The van der Waals surface area contributed by atoms with Crippen molar-refractivity contribution in [3.63, 3.8) is 0 Å². The molecule has 0 bridgehead atoms. The van der Waals surface area contributed by atoms with Crippen LogP contribution >= 0.6 is 11.3 Å². The SMILES string of the molecule is COc1ccccc1C(=O)N(CC(=O)N(Cc1ccccc1)Cc1cccs1)C1CC1. The zero-order valence-electron chi connectivity index (χ0n) is 17.6. The number of ether oxygens (including phenoxy) is 1. The van der Waals surface area contributed by atoms with Gasteiger partial charge in [-0.2, -0.15) is 0 Å². The monoisotopic (exact) mass is 434 g/mol. The highest BCUT2D eigenvalue weighted by Gasteiger charge is 2.36. The molecule has 0 unspecified atom stereocenters. The van der Waals surface area contributed by atoms with Gasteiger partial charge in [0, 0.05) is 17.5 Å². The molecular weight excluding hydrogens is 408 g/mol. The highest BCUT2D eigenvalue weighted by molar-refractivity contribution is 7.09. The third-order valence-corrected chi connectivity index (χ3v) is 6.25. The van der Waals surface area contributed by atoms with Gasteiger partial charge in [-0.1, -0.05) is 48.5 Å². The topological polar surface area (TPSA) is 49.9 Å². The van der Waals surface area contributed by atoms with Crippen LogP contribution in [0.4, 0.5) is 0 Å². The second-order valence-electron chi connectivity index (χ2n) is 7.68. The molecule has 3 aromatic rings. The van der Waals surface area contributed by atoms with Gasteiger partial charge in [-0.3, -0.25) is 9.59 Å². The van der Waals surface area contributed by atoms with E-state index in [0.29, 0.717) is 24.4 Å². The first kappa shape index (κ1) is 21.1. The summed E-state index contributed by atoms with van der Waals surface area (Å²) in [5, 5.41) is 2.02. The van der Waals surface area contributed by atoms with Crippen LogP contribution < -0.4 is 4.74 Å². The lowest BCUT2D eigenvalue weighted by Crippen LogP contribution is -2.43. The standard InChI is InChI=1S/C25H26N2O3S/c1-30-23-12-6-5-11-22(23)25(29)27(20-13-14-20)18-24(28)26(17-21-10-7-15-31-21)16-19-8-3-2-4-9-19/h2-12,15,20H,13-14,16-18H2,1H3. The molecule has 31 heavy (non-hydrogen) atoms. The molecule has 2 aromatic carbocycles. The van der Waals surface area contributed by atoms with Gasteiger partial charge in [0.15, 0.2) is 0 Å². The van der Waals surface area contributed by atoms with E-state index >= 15 is 0 Å². The number of rotatable bonds is 9. The smallest absolute Gasteiger partial charge is 0.258 e. The Morgan fingerprint density at radius 2 is 1.71 bits per heavy atom. The number of amides is 2. The minimum atomic E-state index is -0.149. The number of carbonyl (C=O) groups is 2. The fraction of sp³-hybridized carbons (Fsp3) is 0.280. The van der Waals surface area contributed by atoms with Crippen molar-refractivity contribution in [1.82, 2.24) is 9.80 Å². The van der Waals surface area contributed by atoms with E-state index in [2.05, 4.69) is 0 Å². The summed E-state index contributed by atoms with van der Waals surface area (Å²) in [4.78, 5) is 31.4. The number of thiophene rings is 1. The van der Waals surface area contributed by atoms with Crippen LogP contribution in [0, 0.1) is 0 Å². The van der Waals surface area contributed by atoms with E-state index in [0.717, 1.165) is 23.3 Å². The van der Waals surface area contributed by atoms with E-state index in [1.807, 2.05) is 64.9 Å². The predicted molar refractivity (Wildman–Crippen MR) is 122 cm³/mol. The molecule has 6 heteroatoms. The highest BCUT2D eigenvalue weighted by Crippen LogP contribution is 2.30. The van der Waals surface area contributed by atoms with Gasteiger partial charge in [0.2, 0.25) is 5.91 Å². The molecule has 1 aliphatic carbocycles. The van der Waals surface area contributed by atoms with Crippen molar-refractivity contribution < 1.29 is 14.3 Å². The molecule has 0 saturated heterocycles. The van der Waals surface area contributed by atoms with E-state index in [9.17, 15) is 9.59 Å². The Morgan fingerprint density at radius 3 is 2.39 bits per heavy atom. The summed E-state index contributed by atoms with van der Waals surface area (Å²) in [6.45, 7) is 1.12. The summed E-state index contributed by atoms with van der Waals surface area (Å²) in [5.41, 5.74) is 1.57. The number of methoxy groups -OCH3 is 1. The summed E-state index contributed by atoms with van der Waals surface area (Å²) in [6, 6.07) is 21.3. The largest absolute Gasteiger partial charge is 0.496 e. The highest BCUT2D eigenvalue weighted by atomic mass is 32.1. The van der Waals surface area contributed by atoms with Crippen LogP contribution in [0.15, 0.2) is 72.1 Å². The molecule has 1 heterocycles. The Kier molecular flexibility index (Phi) is 6.67. The molecule has 4 rings (SSSR count). The number of hydrogen-bond acceptors (Lipinski definition) is 4. The summed E-state index contributed by atoms with van der Waals surface area (Å²) >= 11 is 1.63. The Bertz CT molecular complexity index is 1020. The third kappa shape index (κ3) is 5.33. The summed E-state index contributed by atoms with van der Waals surface area (Å²) in [7, 11) is 1.56. The maximum Gasteiger partial charge on any atom is 0.258 e. The molecule has 2 amide bonds. The predicted octanol–water partition coefficient (Wildman–Crippen LogP) is 4.59. The Balaban J connectivity index is 1.54. The number of benzene rings is 2. The first-order chi connectivity index (χ1) is 15.2. The van der Waals surface area contributed by atoms with Crippen molar-refractivity contribution >= 4 is 23.2 Å². The van der Waals surface area contributed by atoms with Crippen LogP contribution in [0.3, 0.4) is 0 Å². The minimum Gasteiger partial charge on any atom is -0.496 e. The van der Waals surface area contributed by atoms with Crippen molar-refractivity contribution in [3.05, 3.63) is 88.1 Å². The van der Waals surface area contributed by atoms with Crippen molar-refractivity contribution in [2.75, 3.05) is 13.7 Å². The van der Waals surface area contributed by atoms with Crippen LogP contribution in [-0.4, -0.2) is 41.3 Å². The zero-order valence-corrected chi connectivity index (χ0v) is 18.4. The van der Waals surface area contributed by atoms with E-state index in [1.165, 1.54) is 0 Å². The molecule has 0 spiro atoms. The molecule has 1 aliphatic rings. The number of carbonyl (C=O) groups excluding carboxylic acids is 2. The van der Waals surface area contributed by atoms with Gasteiger partial charge in [-0.15, -0.1) is 11.3 Å². The Labute approximate surface area is 186 Å². The Morgan fingerprint density at radius 1 is 0.968 bits per heavy atom. The molecule has 1 fully saturated rings. The summed E-state index contributed by atoms with van der Waals surface area (Å²) < 4.78 is 5.38. The lowest BCUT2D eigenvalue weighted by Gasteiger charge is -2.28. The lowest BCUT2D eigenvalue weighted by atomic mass is 10.1. The van der Waals surface area contributed by atoms with Crippen molar-refractivity contribution in [2.45, 2.75) is 32.0 Å². The fourth-order valence-corrected chi connectivity index (χ4v) is 4.32. The molecule has 160 valence electrons. The zero-order chi connectivity index (χ0) is 21.6. The van der Waals surface area contributed by atoms with E-state index in [-0.39, 0.29) is 24.4 Å². The maximum atomic E-state index is 13.4. The first-order valence-electron chi connectivity index (χ1n) is 10.4. The van der Waals surface area contributed by atoms with Gasteiger partial charge in [0.05, 0.1) is 19.2 Å². The number of para-hydroxylation sites is 1. The first-order valence-corrected chi connectivity index (χ1v) is 11.3. The van der Waals surface area contributed by atoms with Gasteiger partial charge in [0.25, 0.3) is 5.91 Å². The molecular formula is C25H26N2O3S.